The van der Waals surface area contributed by atoms with E-state index in [0.29, 0.717) is 6.54 Å². The van der Waals surface area contributed by atoms with Crippen LogP contribution in [0, 0.1) is 5.92 Å². The minimum Gasteiger partial charge on any atom is -0.361 e. The average Bonchev–Trinajstić information content (AvgIpc) is 3.40. The number of H-pyrrole nitrogens is 1. The summed E-state index contributed by atoms with van der Waals surface area (Å²) in [4.78, 5) is 16.1. The fourth-order valence-electron chi connectivity index (χ4n) is 4.16. The molecule has 3 aromatic rings. The van der Waals surface area contributed by atoms with Crippen molar-refractivity contribution < 1.29 is 4.79 Å². The lowest BCUT2D eigenvalue weighted by molar-refractivity contribution is -0.124. The van der Waals surface area contributed by atoms with E-state index in [4.69, 9.17) is 0 Å². The van der Waals surface area contributed by atoms with Gasteiger partial charge in [-0.15, -0.1) is 12.4 Å². The molecule has 1 amide bonds. The molecule has 3 heterocycles. The number of hydrogen-bond donors (Lipinski definition) is 3. The van der Waals surface area contributed by atoms with Crippen molar-refractivity contribution in [2.75, 3.05) is 19.6 Å². The van der Waals surface area contributed by atoms with Gasteiger partial charge in [0.05, 0.1) is 12.1 Å². The molecule has 7 heteroatoms. The van der Waals surface area contributed by atoms with Crippen LogP contribution in [-0.2, 0) is 24.7 Å². The number of aromatic amines is 1. The van der Waals surface area contributed by atoms with Gasteiger partial charge in [0, 0.05) is 55.9 Å². The van der Waals surface area contributed by atoms with Crippen LogP contribution in [0.3, 0.4) is 0 Å². The Kier molecular flexibility index (Phi) is 6.42. The Morgan fingerprint density at radius 1 is 1.32 bits per heavy atom. The summed E-state index contributed by atoms with van der Waals surface area (Å²) in [5.41, 5.74) is 4.94. The highest BCUT2D eigenvalue weighted by Crippen LogP contribution is 2.28. The van der Waals surface area contributed by atoms with Gasteiger partial charge in [-0.1, -0.05) is 25.1 Å². The van der Waals surface area contributed by atoms with Crippen molar-refractivity contribution in [1.82, 2.24) is 25.4 Å². The van der Waals surface area contributed by atoms with E-state index in [1.54, 1.807) is 4.68 Å². The molecular formula is C21H28ClN5O. The molecular weight excluding hydrogens is 374 g/mol. The van der Waals surface area contributed by atoms with Gasteiger partial charge >= 0.3 is 0 Å². The van der Waals surface area contributed by atoms with Crippen LogP contribution >= 0.6 is 12.4 Å². The van der Waals surface area contributed by atoms with Crippen LogP contribution < -0.4 is 10.6 Å². The lowest BCUT2D eigenvalue weighted by Gasteiger charge is -2.17. The molecule has 1 saturated heterocycles. The van der Waals surface area contributed by atoms with E-state index in [0.717, 1.165) is 31.5 Å². The minimum atomic E-state index is -0.0381. The quantitative estimate of drug-likeness (QED) is 0.594. The average molecular weight is 402 g/mol. The molecule has 2 aromatic heterocycles. The molecule has 6 nitrogen and oxygen atoms in total. The monoisotopic (exact) mass is 401 g/mol. The number of aryl methyl sites for hydroxylation is 2. The number of carbonyl (C=O) groups excluding carboxylic acids is 1. The molecule has 150 valence electrons. The second-order valence-electron chi connectivity index (χ2n) is 7.37. The van der Waals surface area contributed by atoms with Gasteiger partial charge in [-0.05, 0) is 29.5 Å². The van der Waals surface area contributed by atoms with Crippen LogP contribution in [0.2, 0.25) is 0 Å². The number of nitrogens with zero attached hydrogens (tertiary/aromatic N) is 2. The van der Waals surface area contributed by atoms with Gasteiger partial charge in [-0.3, -0.25) is 9.48 Å². The molecule has 1 fully saturated rings. The smallest absolute Gasteiger partial charge is 0.225 e. The molecule has 0 unspecified atom stereocenters. The number of para-hydroxylation sites is 1. The van der Waals surface area contributed by atoms with Crippen LogP contribution in [0.4, 0.5) is 0 Å². The second-order valence-corrected chi connectivity index (χ2v) is 7.37. The first-order valence-electron chi connectivity index (χ1n) is 9.72. The number of amides is 1. The largest absolute Gasteiger partial charge is 0.361 e. The number of hydrogen-bond acceptors (Lipinski definition) is 3. The Hall–Kier alpha value is -2.31. The number of benzene rings is 1. The van der Waals surface area contributed by atoms with Crippen molar-refractivity contribution in [1.29, 1.82) is 0 Å². The summed E-state index contributed by atoms with van der Waals surface area (Å²) >= 11 is 0. The number of carbonyl (C=O) groups is 1. The molecule has 2 atom stereocenters. The summed E-state index contributed by atoms with van der Waals surface area (Å²) < 4.78 is 1.80. The number of rotatable bonds is 6. The first kappa shape index (κ1) is 20.4. The summed E-state index contributed by atoms with van der Waals surface area (Å²) in [5, 5.41) is 12.0. The van der Waals surface area contributed by atoms with Gasteiger partial charge in [-0.2, -0.15) is 5.10 Å². The van der Waals surface area contributed by atoms with E-state index in [1.807, 2.05) is 19.4 Å². The van der Waals surface area contributed by atoms with Crippen molar-refractivity contribution in [3.63, 3.8) is 0 Å². The molecule has 1 aliphatic heterocycles. The summed E-state index contributed by atoms with van der Waals surface area (Å²) in [5.74, 6) is 0.283. The predicted octanol–water partition coefficient (Wildman–Crippen LogP) is 2.55. The Morgan fingerprint density at radius 3 is 2.93 bits per heavy atom. The number of aromatic nitrogens is 3. The Labute approximate surface area is 171 Å². The van der Waals surface area contributed by atoms with Crippen molar-refractivity contribution >= 4 is 29.2 Å². The fourth-order valence-corrected chi connectivity index (χ4v) is 4.16. The zero-order valence-electron chi connectivity index (χ0n) is 16.4. The number of nitrogens with one attached hydrogen (secondary N) is 3. The minimum absolute atomic E-state index is 0. The summed E-state index contributed by atoms with van der Waals surface area (Å²) in [6.07, 6.45) is 7.80. The van der Waals surface area contributed by atoms with Crippen molar-refractivity contribution in [3.8, 4) is 0 Å². The van der Waals surface area contributed by atoms with Gasteiger partial charge in [0.15, 0.2) is 0 Å². The van der Waals surface area contributed by atoms with Gasteiger partial charge in [0.1, 0.15) is 0 Å². The van der Waals surface area contributed by atoms with E-state index in [-0.39, 0.29) is 30.2 Å². The maximum Gasteiger partial charge on any atom is 0.225 e. The van der Waals surface area contributed by atoms with Crippen LogP contribution in [0.1, 0.15) is 29.5 Å². The molecule has 1 aliphatic rings. The van der Waals surface area contributed by atoms with Crippen LogP contribution in [0.15, 0.2) is 36.8 Å². The standard InChI is InChI=1S/C21H27N5O.ClH/c1-3-14-5-4-6-17-15(9-24-20(14)17)7-8-23-21(27)19-12-22-11-18(19)16-10-25-26(2)13-16;/h4-6,9-10,13,18-19,22,24H,3,7-8,11-12H2,1-2H3,(H,23,27);1H/t18-,19+;/m1./s1. The van der Waals surface area contributed by atoms with Crippen LogP contribution in [-0.4, -0.2) is 40.3 Å². The zero-order chi connectivity index (χ0) is 18.8. The molecule has 3 N–H and O–H groups in total. The first-order chi connectivity index (χ1) is 13.2. The lowest BCUT2D eigenvalue weighted by Crippen LogP contribution is -2.35. The molecule has 28 heavy (non-hydrogen) atoms. The number of halogens is 1. The topological polar surface area (TPSA) is 74.7 Å². The Morgan fingerprint density at radius 2 is 2.18 bits per heavy atom. The number of fused-ring (bicyclic) bond motifs is 1. The van der Waals surface area contributed by atoms with E-state index < -0.39 is 0 Å². The molecule has 0 radical (unpaired) electrons. The second kappa shape index (κ2) is 8.80. The predicted molar refractivity (Wildman–Crippen MR) is 114 cm³/mol. The van der Waals surface area contributed by atoms with E-state index in [1.165, 1.54) is 22.0 Å². The van der Waals surface area contributed by atoms with Gasteiger partial charge in [0.25, 0.3) is 0 Å². The zero-order valence-corrected chi connectivity index (χ0v) is 17.2. The maximum absolute atomic E-state index is 12.7. The normalized spacial score (nSPS) is 18.9. The van der Waals surface area contributed by atoms with Crippen LogP contribution in [0.25, 0.3) is 10.9 Å². The molecule has 0 saturated carbocycles. The maximum atomic E-state index is 12.7. The Balaban J connectivity index is 0.00000225. The molecule has 1 aromatic carbocycles. The van der Waals surface area contributed by atoms with Gasteiger partial charge < -0.3 is 15.6 Å². The highest BCUT2D eigenvalue weighted by atomic mass is 35.5. The molecule has 0 spiro atoms. The van der Waals surface area contributed by atoms with Gasteiger partial charge in [-0.25, -0.2) is 0 Å². The highest BCUT2D eigenvalue weighted by molar-refractivity contribution is 5.86. The SMILES string of the molecule is CCc1cccc2c(CCNC(=O)[C@H]3CNC[C@@H]3c3cnn(C)c3)c[nH]c12.Cl. The third kappa shape index (κ3) is 3.93. The van der Waals surface area contributed by atoms with Crippen LogP contribution in [0.5, 0.6) is 0 Å². The highest BCUT2D eigenvalue weighted by Gasteiger charge is 2.34. The Bertz CT molecular complexity index is 947. The van der Waals surface area contributed by atoms with Crippen molar-refractivity contribution in [3.05, 3.63) is 53.5 Å². The van der Waals surface area contributed by atoms with Crippen molar-refractivity contribution in [2.24, 2.45) is 13.0 Å². The van der Waals surface area contributed by atoms with E-state index in [2.05, 4.69) is 52.0 Å². The molecule has 0 aliphatic carbocycles. The van der Waals surface area contributed by atoms with Gasteiger partial charge in [0.2, 0.25) is 5.91 Å². The lowest BCUT2D eigenvalue weighted by atomic mass is 9.90. The fraction of sp³-hybridized carbons (Fsp3) is 0.429. The third-order valence-corrected chi connectivity index (χ3v) is 5.67. The van der Waals surface area contributed by atoms with E-state index >= 15 is 0 Å². The van der Waals surface area contributed by atoms with E-state index in [9.17, 15) is 4.79 Å². The molecule has 0 bridgehead atoms. The first-order valence-corrected chi connectivity index (χ1v) is 9.72. The molecule has 4 rings (SSSR count). The summed E-state index contributed by atoms with van der Waals surface area (Å²) in [6.45, 7) is 4.37. The third-order valence-electron chi connectivity index (χ3n) is 5.67. The summed E-state index contributed by atoms with van der Waals surface area (Å²) in [6, 6.07) is 6.43. The van der Waals surface area contributed by atoms with Crippen molar-refractivity contribution in [2.45, 2.75) is 25.7 Å². The summed E-state index contributed by atoms with van der Waals surface area (Å²) in [7, 11) is 1.91.